The quantitative estimate of drug-likeness (QED) is 0.573. The smallest absolute Gasteiger partial charge is 0.0782 e. The van der Waals surface area contributed by atoms with Crippen molar-refractivity contribution in [1.82, 2.24) is 0 Å². The Morgan fingerprint density at radius 1 is 0.720 bits per heavy atom. The Hall–Kier alpha value is -2.54. The Kier molecular flexibility index (Phi) is 3.68. The Morgan fingerprint density at radius 3 is 2.12 bits per heavy atom. The summed E-state index contributed by atoms with van der Waals surface area (Å²) in [4.78, 5) is 0. The van der Waals surface area contributed by atoms with Gasteiger partial charge in [-0.15, -0.1) is 0 Å². The minimum atomic E-state index is 0.214. The third kappa shape index (κ3) is 2.46. The van der Waals surface area contributed by atoms with E-state index in [1.165, 1.54) is 55.8 Å². The van der Waals surface area contributed by atoms with Crippen molar-refractivity contribution in [1.29, 1.82) is 0 Å². The topological polar surface area (TPSA) is 12.0 Å². The number of fused-ring (bicyclic) bond motifs is 3. The third-order valence-electron chi connectivity index (χ3n) is 5.60. The molecule has 0 spiro atoms. The average molecular weight is 327 g/mol. The zero-order chi connectivity index (χ0) is 17.7. The monoisotopic (exact) mass is 327 g/mol. The molecule has 1 unspecified atom stereocenters. The minimum Gasteiger partial charge on any atom is -0.374 e. The van der Waals surface area contributed by atoms with E-state index in [1.54, 1.807) is 0 Å². The number of nitrogens with one attached hydrogen (secondary N) is 1. The van der Waals surface area contributed by atoms with Gasteiger partial charge in [0.2, 0.25) is 0 Å². The van der Waals surface area contributed by atoms with Gasteiger partial charge in [0.25, 0.3) is 0 Å². The van der Waals surface area contributed by atoms with Crippen LogP contribution in [0.15, 0.2) is 48.5 Å². The van der Waals surface area contributed by atoms with Gasteiger partial charge in [0.15, 0.2) is 0 Å². The second kappa shape index (κ2) is 5.77. The molecular formula is C24H25N. The highest BCUT2D eigenvalue weighted by Crippen LogP contribution is 2.47. The van der Waals surface area contributed by atoms with E-state index in [2.05, 4.69) is 88.5 Å². The molecule has 4 rings (SSSR count). The minimum absolute atomic E-state index is 0.214. The van der Waals surface area contributed by atoms with Crippen molar-refractivity contribution >= 4 is 5.69 Å². The van der Waals surface area contributed by atoms with Gasteiger partial charge in [0.1, 0.15) is 0 Å². The predicted octanol–water partition coefficient (Wildman–Crippen LogP) is 6.41. The fourth-order valence-corrected chi connectivity index (χ4v) is 4.30. The molecule has 0 saturated heterocycles. The largest absolute Gasteiger partial charge is 0.374 e. The summed E-state index contributed by atoms with van der Waals surface area (Å²) in [5.74, 6) is 0. The molecule has 3 aromatic rings. The Balaban J connectivity index is 1.90. The first-order chi connectivity index (χ1) is 12.0. The van der Waals surface area contributed by atoms with Crippen molar-refractivity contribution in [2.24, 2.45) is 0 Å². The molecule has 0 amide bonds. The molecule has 3 aromatic carbocycles. The first kappa shape index (κ1) is 16.0. The number of anilines is 1. The van der Waals surface area contributed by atoms with Crippen LogP contribution in [0.25, 0.3) is 11.1 Å². The lowest BCUT2D eigenvalue weighted by atomic mass is 9.95. The standard InChI is InChI=1S/C24H25N/c1-14-12-16(3)23(17(4)13-14)25-24-21-9-7-6-8-19(21)20-11-10-15(2)18(5)22(20)24/h6-13,24-25H,1-5H3. The molecule has 1 aliphatic carbocycles. The van der Waals surface area contributed by atoms with E-state index >= 15 is 0 Å². The van der Waals surface area contributed by atoms with Gasteiger partial charge in [0.05, 0.1) is 6.04 Å². The Morgan fingerprint density at radius 2 is 1.40 bits per heavy atom. The summed E-state index contributed by atoms with van der Waals surface area (Å²) in [6.45, 7) is 11.0. The van der Waals surface area contributed by atoms with Crippen LogP contribution in [0.4, 0.5) is 5.69 Å². The molecule has 0 radical (unpaired) electrons. The van der Waals surface area contributed by atoms with Gasteiger partial charge < -0.3 is 5.32 Å². The lowest BCUT2D eigenvalue weighted by Crippen LogP contribution is -2.13. The summed E-state index contributed by atoms with van der Waals surface area (Å²) in [5.41, 5.74) is 13.5. The van der Waals surface area contributed by atoms with Crippen molar-refractivity contribution in [3.63, 3.8) is 0 Å². The highest BCUT2D eigenvalue weighted by atomic mass is 14.9. The molecule has 0 fully saturated rings. The number of hydrogen-bond acceptors (Lipinski definition) is 1. The molecule has 1 nitrogen and oxygen atoms in total. The summed E-state index contributed by atoms with van der Waals surface area (Å²) in [6, 6.07) is 18.1. The molecule has 1 atom stereocenters. The highest BCUT2D eigenvalue weighted by molar-refractivity contribution is 5.82. The molecule has 1 aliphatic rings. The summed E-state index contributed by atoms with van der Waals surface area (Å²) >= 11 is 0. The molecule has 0 aromatic heterocycles. The van der Waals surface area contributed by atoms with Crippen LogP contribution in [0, 0.1) is 34.6 Å². The maximum Gasteiger partial charge on any atom is 0.0782 e. The van der Waals surface area contributed by atoms with E-state index in [0.29, 0.717) is 0 Å². The van der Waals surface area contributed by atoms with Gasteiger partial charge in [-0.05, 0) is 79.1 Å². The maximum absolute atomic E-state index is 3.89. The van der Waals surface area contributed by atoms with Crippen molar-refractivity contribution < 1.29 is 0 Å². The number of benzene rings is 3. The molecule has 25 heavy (non-hydrogen) atoms. The van der Waals surface area contributed by atoms with E-state index in [4.69, 9.17) is 0 Å². The van der Waals surface area contributed by atoms with Gasteiger partial charge in [-0.3, -0.25) is 0 Å². The predicted molar refractivity (Wildman–Crippen MR) is 107 cm³/mol. The van der Waals surface area contributed by atoms with Gasteiger partial charge in [0, 0.05) is 5.69 Å². The molecule has 0 heterocycles. The zero-order valence-corrected chi connectivity index (χ0v) is 15.7. The first-order valence-electron chi connectivity index (χ1n) is 9.01. The van der Waals surface area contributed by atoms with E-state index < -0.39 is 0 Å². The van der Waals surface area contributed by atoms with Crippen LogP contribution in [0.5, 0.6) is 0 Å². The second-order valence-electron chi connectivity index (χ2n) is 7.41. The van der Waals surface area contributed by atoms with E-state index in [-0.39, 0.29) is 6.04 Å². The van der Waals surface area contributed by atoms with Gasteiger partial charge in [-0.2, -0.15) is 0 Å². The molecule has 0 saturated carbocycles. The van der Waals surface area contributed by atoms with Gasteiger partial charge in [-0.1, -0.05) is 54.1 Å². The normalized spacial score (nSPS) is 15.0. The van der Waals surface area contributed by atoms with E-state index in [0.717, 1.165) is 0 Å². The maximum atomic E-state index is 3.89. The van der Waals surface area contributed by atoms with Crippen LogP contribution in [0.3, 0.4) is 0 Å². The molecule has 0 aliphatic heterocycles. The van der Waals surface area contributed by atoms with E-state index in [1.807, 2.05) is 0 Å². The number of hydrogen-bond donors (Lipinski definition) is 1. The zero-order valence-electron chi connectivity index (χ0n) is 15.7. The van der Waals surface area contributed by atoms with Crippen LogP contribution < -0.4 is 5.32 Å². The van der Waals surface area contributed by atoms with Crippen LogP contribution >= 0.6 is 0 Å². The Bertz CT molecular complexity index is 958. The molecule has 1 N–H and O–H groups in total. The second-order valence-corrected chi connectivity index (χ2v) is 7.41. The summed E-state index contributed by atoms with van der Waals surface area (Å²) < 4.78 is 0. The molecule has 1 heteroatoms. The first-order valence-corrected chi connectivity index (χ1v) is 9.01. The van der Waals surface area contributed by atoms with Crippen molar-refractivity contribution in [2.75, 3.05) is 5.32 Å². The lowest BCUT2D eigenvalue weighted by molar-refractivity contribution is 0.949. The highest BCUT2D eigenvalue weighted by Gasteiger charge is 2.30. The number of rotatable bonds is 2. The third-order valence-corrected chi connectivity index (χ3v) is 5.60. The summed E-state index contributed by atoms with van der Waals surface area (Å²) in [6.07, 6.45) is 0. The van der Waals surface area contributed by atoms with Crippen LogP contribution in [-0.4, -0.2) is 0 Å². The van der Waals surface area contributed by atoms with Crippen LogP contribution in [0.1, 0.15) is 45.0 Å². The van der Waals surface area contributed by atoms with Crippen molar-refractivity contribution in [3.8, 4) is 11.1 Å². The molecular weight excluding hydrogens is 302 g/mol. The van der Waals surface area contributed by atoms with Crippen LogP contribution in [0.2, 0.25) is 0 Å². The molecule has 0 bridgehead atoms. The Labute approximate surface area is 150 Å². The fourth-order valence-electron chi connectivity index (χ4n) is 4.30. The van der Waals surface area contributed by atoms with E-state index in [9.17, 15) is 0 Å². The lowest BCUT2D eigenvalue weighted by Gasteiger charge is -2.23. The van der Waals surface area contributed by atoms with Crippen molar-refractivity contribution in [2.45, 2.75) is 40.7 Å². The fraction of sp³-hybridized carbons (Fsp3) is 0.250. The molecule has 126 valence electrons. The average Bonchev–Trinajstić information content (AvgIpc) is 2.89. The summed E-state index contributed by atoms with van der Waals surface area (Å²) in [5, 5.41) is 3.89. The number of aryl methyl sites for hydroxylation is 4. The van der Waals surface area contributed by atoms with Gasteiger partial charge >= 0.3 is 0 Å². The van der Waals surface area contributed by atoms with Gasteiger partial charge in [-0.25, -0.2) is 0 Å². The van der Waals surface area contributed by atoms with Crippen LogP contribution in [-0.2, 0) is 0 Å². The SMILES string of the molecule is Cc1cc(C)c(NC2c3ccccc3-c3ccc(C)c(C)c32)c(C)c1. The summed E-state index contributed by atoms with van der Waals surface area (Å²) in [7, 11) is 0. The van der Waals surface area contributed by atoms with Crippen molar-refractivity contribution in [3.05, 3.63) is 87.5 Å².